The summed E-state index contributed by atoms with van der Waals surface area (Å²) in [4.78, 5) is 0. The minimum Gasteiger partial charge on any atom is -0.498 e. The number of hydrogen-bond donors (Lipinski definition) is 0. The summed E-state index contributed by atoms with van der Waals surface area (Å²) in [5.74, 6) is 4.91. The fraction of sp³-hybridized carbons (Fsp3) is 0.909. The van der Waals surface area contributed by atoms with Crippen molar-refractivity contribution in [3.05, 3.63) is 12.3 Å². The third kappa shape index (κ3) is 2.48. The maximum absolute atomic E-state index is 6.00. The van der Waals surface area contributed by atoms with Crippen molar-refractivity contribution in [2.45, 2.75) is 84.5 Å². The highest BCUT2D eigenvalue weighted by Gasteiger charge is 2.58. The van der Waals surface area contributed by atoms with E-state index in [9.17, 15) is 0 Å². The largest absolute Gasteiger partial charge is 0.498 e. The Kier molecular flexibility index (Phi) is 4.05. The first-order valence-electron chi connectivity index (χ1n) is 10.3. The van der Waals surface area contributed by atoms with Crippen LogP contribution in [0.25, 0.3) is 0 Å². The first-order valence-corrected chi connectivity index (χ1v) is 10.3. The molecule has 1 heteroatoms. The Bertz CT molecular complexity index is 469. The fourth-order valence-electron chi connectivity index (χ4n) is 7.61. The molecule has 1 nitrogen and oxygen atoms in total. The zero-order chi connectivity index (χ0) is 16.1. The number of allylic oxidation sites excluding steroid dienone is 1. The van der Waals surface area contributed by atoms with Crippen LogP contribution >= 0.6 is 0 Å². The third-order valence-corrected chi connectivity index (χ3v) is 8.72. The zero-order valence-corrected chi connectivity index (χ0v) is 15.4. The van der Waals surface area contributed by atoms with Gasteiger partial charge in [-0.2, -0.15) is 0 Å². The summed E-state index contributed by atoms with van der Waals surface area (Å²) in [6, 6.07) is 0. The second-order valence-corrected chi connectivity index (χ2v) is 9.69. The lowest BCUT2D eigenvalue weighted by Gasteiger charge is -2.60. The highest BCUT2D eigenvalue weighted by Crippen LogP contribution is 2.66. The van der Waals surface area contributed by atoms with Gasteiger partial charge in [0.2, 0.25) is 0 Å². The van der Waals surface area contributed by atoms with Gasteiger partial charge in [0, 0.05) is 5.41 Å². The minimum absolute atomic E-state index is 0.498. The van der Waals surface area contributed by atoms with Crippen LogP contribution < -0.4 is 0 Å². The third-order valence-electron chi connectivity index (χ3n) is 8.72. The number of hydrogen-bond acceptors (Lipinski definition) is 1. The Morgan fingerprint density at radius 2 is 1.83 bits per heavy atom. The molecule has 0 bridgehead atoms. The van der Waals surface area contributed by atoms with Crippen molar-refractivity contribution < 1.29 is 4.74 Å². The SMILES string of the molecule is C=C(C)OC[C@@]12CCC[C@H]1[C@@H]1CC[C@H]3CCCC[C@]3(C)[C@H]1CC2. The van der Waals surface area contributed by atoms with Crippen molar-refractivity contribution in [3.63, 3.8) is 0 Å². The van der Waals surface area contributed by atoms with Crippen LogP contribution in [0.2, 0.25) is 0 Å². The lowest BCUT2D eigenvalue weighted by Crippen LogP contribution is -2.53. The molecule has 4 aliphatic carbocycles. The van der Waals surface area contributed by atoms with Crippen LogP contribution in [-0.4, -0.2) is 6.61 Å². The van der Waals surface area contributed by atoms with Crippen molar-refractivity contribution in [3.8, 4) is 0 Å². The molecule has 4 saturated carbocycles. The van der Waals surface area contributed by atoms with E-state index >= 15 is 0 Å². The van der Waals surface area contributed by atoms with Gasteiger partial charge in [0.25, 0.3) is 0 Å². The van der Waals surface area contributed by atoms with E-state index in [1.54, 1.807) is 0 Å². The van der Waals surface area contributed by atoms with Crippen LogP contribution in [-0.2, 0) is 4.74 Å². The molecule has 4 rings (SSSR count). The average molecular weight is 317 g/mol. The average Bonchev–Trinajstić information content (AvgIpc) is 2.97. The predicted molar refractivity (Wildman–Crippen MR) is 96.1 cm³/mol. The molecule has 0 aliphatic heterocycles. The Hall–Kier alpha value is -0.460. The van der Waals surface area contributed by atoms with E-state index in [4.69, 9.17) is 4.74 Å². The number of rotatable bonds is 3. The summed E-state index contributed by atoms with van der Waals surface area (Å²) in [6.07, 6.45) is 16.3. The van der Waals surface area contributed by atoms with Gasteiger partial charge in [0.05, 0.1) is 12.4 Å². The van der Waals surface area contributed by atoms with Gasteiger partial charge in [0.1, 0.15) is 0 Å². The summed E-state index contributed by atoms with van der Waals surface area (Å²) in [5.41, 5.74) is 1.17. The van der Waals surface area contributed by atoms with Crippen molar-refractivity contribution >= 4 is 0 Å². The maximum atomic E-state index is 6.00. The van der Waals surface area contributed by atoms with E-state index in [2.05, 4.69) is 13.5 Å². The van der Waals surface area contributed by atoms with Gasteiger partial charge in [0.15, 0.2) is 0 Å². The Morgan fingerprint density at radius 1 is 0.957 bits per heavy atom. The van der Waals surface area contributed by atoms with Crippen LogP contribution in [0.5, 0.6) is 0 Å². The summed E-state index contributed by atoms with van der Waals surface area (Å²) in [6.45, 7) is 9.62. The summed E-state index contributed by atoms with van der Waals surface area (Å²) in [5, 5.41) is 0. The van der Waals surface area contributed by atoms with Gasteiger partial charge >= 0.3 is 0 Å². The minimum atomic E-state index is 0.498. The summed E-state index contributed by atoms with van der Waals surface area (Å²) in [7, 11) is 0. The number of ether oxygens (including phenoxy) is 1. The normalized spacial score (nSPS) is 49.0. The van der Waals surface area contributed by atoms with Crippen LogP contribution in [0.1, 0.15) is 84.5 Å². The molecule has 130 valence electrons. The van der Waals surface area contributed by atoms with E-state index in [1.165, 1.54) is 70.6 Å². The first kappa shape index (κ1) is 16.0. The number of fused-ring (bicyclic) bond motifs is 5. The molecule has 4 aliphatic rings. The van der Waals surface area contributed by atoms with Crippen LogP contribution in [0.3, 0.4) is 0 Å². The quantitative estimate of drug-likeness (QED) is 0.552. The van der Waals surface area contributed by atoms with E-state index in [0.717, 1.165) is 36.0 Å². The van der Waals surface area contributed by atoms with Gasteiger partial charge in [-0.15, -0.1) is 0 Å². The van der Waals surface area contributed by atoms with Crippen LogP contribution in [0.15, 0.2) is 12.3 Å². The molecule has 0 heterocycles. The molecule has 23 heavy (non-hydrogen) atoms. The van der Waals surface area contributed by atoms with Crippen molar-refractivity contribution in [1.29, 1.82) is 0 Å². The van der Waals surface area contributed by atoms with Gasteiger partial charge in [-0.25, -0.2) is 0 Å². The van der Waals surface area contributed by atoms with Gasteiger partial charge in [-0.05, 0) is 87.4 Å². The van der Waals surface area contributed by atoms with Gasteiger partial charge in [-0.1, -0.05) is 32.8 Å². The molecule has 0 N–H and O–H groups in total. The summed E-state index contributed by atoms with van der Waals surface area (Å²) < 4.78 is 6.00. The second-order valence-electron chi connectivity index (χ2n) is 9.69. The van der Waals surface area contributed by atoms with E-state index in [1.807, 2.05) is 6.92 Å². The lowest BCUT2D eigenvalue weighted by molar-refractivity contribution is -0.119. The Morgan fingerprint density at radius 3 is 2.65 bits per heavy atom. The Labute approximate surface area is 143 Å². The standard InChI is InChI=1S/C22H36O/c1-16(2)23-15-22-13-6-8-20(22)18-10-9-17-7-4-5-12-21(17,3)19(18)11-14-22/h17-20H,1,4-15H2,2-3H3/t17-,18-,19+,20+,21+,22+/m1/s1. The smallest absolute Gasteiger partial charge is 0.0935 e. The molecule has 4 fully saturated rings. The van der Waals surface area contributed by atoms with Crippen molar-refractivity contribution in [1.82, 2.24) is 0 Å². The zero-order valence-electron chi connectivity index (χ0n) is 15.4. The molecular weight excluding hydrogens is 280 g/mol. The molecule has 0 spiro atoms. The predicted octanol–water partition coefficient (Wildman–Crippen LogP) is 6.34. The maximum Gasteiger partial charge on any atom is 0.0935 e. The van der Waals surface area contributed by atoms with E-state index in [0.29, 0.717) is 10.8 Å². The fourth-order valence-corrected chi connectivity index (χ4v) is 7.61. The van der Waals surface area contributed by atoms with Crippen LogP contribution in [0.4, 0.5) is 0 Å². The molecule has 0 aromatic heterocycles. The highest BCUT2D eigenvalue weighted by atomic mass is 16.5. The summed E-state index contributed by atoms with van der Waals surface area (Å²) >= 11 is 0. The van der Waals surface area contributed by atoms with Gasteiger partial charge < -0.3 is 4.74 Å². The Balaban J connectivity index is 1.57. The monoisotopic (exact) mass is 316 g/mol. The van der Waals surface area contributed by atoms with Crippen molar-refractivity contribution in [2.75, 3.05) is 6.61 Å². The molecule has 6 atom stereocenters. The van der Waals surface area contributed by atoms with Crippen LogP contribution in [0, 0.1) is 34.5 Å². The van der Waals surface area contributed by atoms with E-state index in [-0.39, 0.29) is 0 Å². The first-order chi connectivity index (χ1) is 11.1. The molecule has 0 unspecified atom stereocenters. The van der Waals surface area contributed by atoms with E-state index < -0.39 is 0 Å². The van der Waals surface area contributed by atoms with Gasteiger partial charge in [-0.3, -0.25) is 0 Å². The molecule has 0 aromatic carbocycles. The molecular formula is C22H36O. The molecule has 0 aromatic rings. The topological polar surface area (TPSA) is 9.23 Å². The molecule has 0 radical (unpaired) electrons. The molecule has 0 amide bonds. The highest BCUT2D eigenvalue weighted by molar-refractivity contribution is 5.08. The lowest BCUT2D eigenvalue weighted by atomic mass is 9.45. The molecule has 0 saturated heterocycles. The van der Waals surface area contributed by atoms with Crippen molar-refractivity contribution in [2.24, 2.45) is 34.5 Å². The second kappa shape index (κ2) is 5.81.